The second kappa shape index (κ2) is 7.38. The molecule has 1 rings (SSSR count). The lowest BCUT2D eigenvalue weighted by atomic mass is 10.2. The number of benzene rings is 1. The van der Waals surface area contributed by atoms with Crippen molar-refractivity contribution in [2.75, 3.05) is 11.5 Å². The summed E-state index contributed by atoms with van der Waals surface area (Å²) in [6.07, 6.45) is 0. The van der Waals surface area contributed by atoms with Crippen molar-refractivity contribution in [3.63, 3.8) is 0 Å². The molecule has 0 aromatic heterocycles. The molecule has 98 valence electrons. The molecule has 0 heterocycles. The molecule has 1 aromatic rings. The van der Waals surface area contributed by atoms with Gasteiger partial charge in [-0.05, 0) is 33.6 Å². The molecule has 3 N–H and O–H groups in total. The van der Waals surface area contributed by atoms with Gasteiger partial charge in [-0.15, -0.1) is 11.8 Å². The second-order valence-corrected chi connectivity index (χ2v) is 5.32. The molecule has 4 nitrogen and oxygen atoms in total. The molecule has 0 radical (unpaired) electrons. The van der Waals surface area contributed by atoms with Gasteiger partial charge in [0.1, 0.15) is 5.82 Å². The maximum Gasteiger partial charge on any atom is 0.230 e. The predicted octanol–water partition coefficient (Wildman–Crippen LogP) is 1.42. The van der Waals surface area contributed by atoms with Crippen LogP contribution in [0, 0.1) is 5.82 Å². The van der Waals surface area contributed by atoms with Crippen molar-refractivity contribution in [2.24, 2.45) is 5.73 Å². The molecule has 0 spiro atoms. The molecule has 0 saturated carbocycles. The summed E-state index contributed by atoms with van der Waals surface area (Å²) in [5.41, 5.74) is 5.61. The molecule has 0 aliphatic heterocycles. The molecule has 0 unspecified atom stereocenters. The van der Waals surface area contributed by atoms with Crippen molar-refractivity contribution < 1.29 is 14.0 Å². The quantitative estimate of drug-likeness (QED) is 0.826. The first-order valence-electron chi connectivity index (χ1n) is 5.05. The Morgan fingerprint density at radius 2 is 2.11 bits per heavy atom. The lowest BCUT2D eigenvalue weighted by molar-refractivity contribution is -0.118. The van der Waals surface area contributed by atoms with Crippen molar-refractivity contribution in [1.29, 1.82) is 0 Å². The first-order valence-corrected chi connectivity index (χ1v) is 7.00. The number of nitrogens with two attached hydrogens (primary N) is 1. The van der Waals surface area contributed by atoms with Crippen LogP contribution in [0.3, 0.4) is 0 Å². The molecule has 1 aromatic carbocycles. The fraction of sp³-hybridized carbons (Fsp3) is 0.273. The first kappa shape index (κ1) is 15.0. The van der Waals surface area contributed by atoms with Crippen LogP contribution in [0.15, 0.2) is 22.7 Å². The van der Waals surface area contributed by atoms with E-state index in [4.69, 9.17) is 5.73 Å². The molecular formula is C11H12BrFN2O2S. The van der Waals surface area contributed by atoms with E-state index in [1.54, 1.807) is 12.1 Å². The van der Waals surface area contributed by atoms with Crippen molar-refractivity contribution in [3.05, 3.63) is 34.1 Å². The summed E-state index contributed by atoms with van der Waals surface area (Å²) in [6, 6.07) is 4.64. The van der Waals surface area contributed by atoms with E-state index >= 15 is 0 Å². The van der Waals surface area contributed by atoms with Gasteiger partial charge < -0.3 is 11.1 Å². The fourth-order valence-corrected chi connectivity index (χ4v) is 1.98. The zero-order valence-corrected chi connectivity index (χ0v) is 11.8. The van der Waals surface area contributed by atoms with Crippen LogP contribution in [0.2, 0.25) is 0 Å². The fourth-order valence-electron chi connectivity index (χ4n) is 1.15. The van der Waals surface area contributed by atoms with Gasteiger partial charge in [0.15, 0.2) is 0 Å². The largest absolute Gasteiger partial charge is 0.369 e. The van der Waals surface area contributed by atoms with Crippen LogP contribution in [-0.2, 0) is 16.1 Å². The van der Waals surface area contributed by atoms with Gasteiger partial charge in [0.2, 0.25) is 11.8 Å². The van der Waals surface area contributed by atoms with Gasteiger partial charge >= 0.3 is 0 Å². The SMILES string of the molecule is NC(=O)CSCC(=O)NCc1ccc(Br)c(F)c1. The molecule has 7 heteroatoms. The van der Waals surface area contributed by atoms with E-state index in [9.17, 15) is 14.0 Å². The topological polar surface area (TPSA) is 72.2 Å². The van der Waals surface area contributed by atoms with Crippen molar-refractivity contribution in [2.45, 2.75) is 6.54 Å². The molecule has 0 aliphatic rings. The molecule has 0 fully saturated rings. The van der Waals surface area contributed by atoms with Crippen LogP contribution in [0.25, 0.3) is 0 Å². The Bertz CT molecular complexity index is 457. The molecule has 0 aliphatic carbocycles. The zero-order valence-electron chi connectivity index (χ0n) is 9.41. The third kappa shape index (κ3) is 5.50. The van der Waals surface area contributed by atoms with Crippen molar-refractivity contribution in [3.8, 4) is 0 Å². The zero-order chi connectivity index (χ0) is 13.5. The Morgan fingerprint density at radius 1 is 1.39 bits per heavy atom. The number of hydrogen-bond donors (Lipinski definition) is 2. The Balaban J connectivity index is 2.33. The highest BCUT2D eigenvalue weighted by atomic mass is 79.9. The van der Waals surface area contributed by atoms with E-state index in [1.165, 1.54) is 6.07 Å². The van der Waals surface area contributed by atoms with Gasteiger partial charge in [0.05, 0.1) is 16.0 Å². The van der Waals surface area contributed by atoms with Crippen LogP contribution in [0.1, 0.15) is 5.56 Å². The average Bonchev–Trinajstić information content (AvgIpc) is 2.30. The number of halogens is 2. The molecule has 0 saturated heterocycles. The van der Waals surface area contributed by atoms with E-state index < -0.39 is 5.91 Å². The summed E-state index contributed by atoms with van der Waals surface area (Å²) < 4.78 is 13.6. The minimum atomic E-state index is -0.456. The molecule has 0 bridgehead atoms. The molecular weight excluding hydrogens is 323 g/mol. The van der Waals surface area contributed by atoms with Crippen LogP contribution >= 0.6 is 27.7 Å². The minimum absolute atomic E-state index is 0.111. The first-order chi connectivity index (χ1) is 8.49. The lowest BCUT2D eigenvalue weighted by Gasteiger charge is -2.05. The van der Waals surface area contributed by atoms with Crippen LogP contribution in [0.5, 0.6) is 0 Å². The summed E-state index contributed by atoms with van der Waals surface area (Å²) in [6.45, 7) is 0.250. The number of rotatable bonds is 6. The van der Waals surface area contributed by atoms with Crippen molar-refractivity contribution >= 4 is 39.5 Å². The monoisotopic (exact) mass is 334 g/mol. The van der Waals surface area contributed by atoms with Gasteiger partial charge in [0.25, 0.3) is 0 Å². The normalized spacial score (nSPS) is 10.1. The van der Waals surface area contributed by atoms with Crippen LogP contribution in [-0.4, -0.2) is 23.3 Å². The highest BCUT2D eigenvalue weighted by Gasteiger charge is 2.05. The predicted molar refractivity (Wildman–Crippen MR) is 72.5 cm³/mol. The van der Waals surface area contributed by atoms with Crippen molar-refractivity contribution in [1.82, 2.24) is 5.32 Å². The Kier molecular flexibility index (Phi) is 6.14. The standard InChI is InChI=1S/C11H12BrFN2O2S/c12-8-2-1-7(3-9(8)13)4-15-11(17)6-18-5-10(14)16/h1-3H,4-6H2,(H2,14,16)(H,15,17). The Morgan fingerprint density at radius 3 is 2.72 bits per heavy atom. The van der Waals surface area contributed by atoms with Crippen LogP contribution in [0.4, 0.5) is 4.39 Å². The number of primary amides is 1. The summed E-state index contributed by atoms with van der Waals surface area (Å²) in [5, 5.41) is 2.63. The van der Waals surface area contributed by atoms with E-state index in [2.05, 4.69) is 21.2 Å². The molecule has 18 heavy (non-hydrogen) atoms. The minimum Gasteiger partial charge on any atom is -0.369 e. The Labute approximate surface area is 117 Å². The third-order valence-corrected chi connectivity index (χ3v) is 3.55. The van der Waals surface area contributed by atoms with Gasteiger partial charge in [-0.3, -0.25) is 9.59 Å². The smallest absolute Gasteiger partial charge is 0.230 e. The van der Waals surface area contributed by atoms with Gasteiger partial charge in [-0.1, -0.05) is 6.07 Å². The van der Waals surface area contributed by atoms with E-state index in [0.29, 0.717) is 10.0 Å². The van der Waals surface area contributed by atoms with E-state index in [-0.39, 0.29) is 29.8 Å². The van der Waals surface area contributed by atoms with E-state index in [0.717, 1.165) is 11.8 Å². The summed E-state index contributed by atoms with van der Waals surface area (Å²) in [4.78, 5) is 21.8. The summed E-state index contributed by atoms with van der Waals surface area (Å²) >= 11 is 4.19. The summed E-state index contributed by atoms with van der Waals surface area (Å²) in [5.74, 6) is -0.778. The summed E-state index contributed by atoms with van der Waals surface area (Å²) in [7, 11) is 0. The molecule has 0 atom stereocenters. The maximum atomic E-state index is 13.2. The number of amides is 2. The Hall–Kier alpha value is -1.08. The van der Waals surface area contributed by atoms with E-state index in [1.807, 2.05) is 0 Å². The highest BCUT2D eigenvalue weighted by molar-refractivity contribution is 9.10. The maximum absolute atomic E-state index is 13.2. The number of hydrogen-bond acceptors (Lipinski definition) is 3. The number of thioether (sulfide) groups is 1. The van der Waals surface area contributed by atoms with Gasteiger partial charge in [-0.25, -0.2) is 4.39 Å². The second-order valence-electron chi connectivity index (χ2n) is 3.48. The highest BCUT2D eigenvalue weighted by Crippen LogP contribution is 2.16. The number of carbonyl (C=O) groups is 2. The van der Waals surface area contributed by atoms with Crippen LogP contribution < -0.4 is 11.1 Å². The molecule has 2 amide bonds. The van der Waals surface area contributed by atoms with Gasteiger partial charge in [-0.2, -0.15) is 0 Å². The number of nitrogens with one attached hydrogen (secondary N) is 1. The third-order valence-electron chi connectivity index (χ3n) is 1.95. The number of carbonyl (C=O) groups excluding carboxylic acids is 2. The van der Waals surface area contributed by atoms with Gasteiger partial charge in [0, 0.05) is 6.54 Å². The lowest BCUT2D eigenvalue weighted by Crippen LogP contribution is -2.25. The average molecular weight is 335 g/mol.